The summed E-state index contributed by atoms with van der Waals surface area (Å²) in [5.41, 5.74) is -0.153. The lowest BCUT2D eigenvalue weighted by molar-refractivity contribution is -0.147. The van der Waals surface area contributed by atoms with Gasteiger partial charge >= 0.3 is 5.97 Å². The first-order chi connectivity index (χ1) is 7.81. The number of carboxylic acids is 1. The van der Waals surface area contributed by atoms with Crippen molar-refractivity contribution in [3.63, 3.8) is 0 Å². The van der Waals surface area contributed by atoms with Crippen LogP contribution in [-0.4, -0.2) is 47.3 Å². The molecular weight excluding hydrogens is 218 g/mol. The number of nitrogens with zero attached hydrogens (tertiary/aromatic N) is 1. The molecule has 4 nitrogen and oxygen atoms in total. The van der Waals surface area contributed by atoms with Crippen LogP contribution in [0.15, 0.2) is 0 Å². The summed E-state index contributed by atoms with van der Waals surface area (Å²) in [6.07, 6.45) is 2.09. The van der Waals surface area contributed by atoms with Crippen LogP contribution >= 0.6 is 0 Å². The van der Waals surface area contributed by atoms with Gasteiger partial charge in [-0.25, -0.2) is 0 Å². The van der Waals surface area contributed by atoms with Gasteiger partial charge in [-0.15, -0.1) is 0 Å². The number of ether oxygens (including phenoxy) is 1. The maximum absolute atomic E-state index is 11.3. The molecule has 0 aromatic rings. The Kier molecular flexibility index (Phi) is 4.95. The topological polar surface area (TPSA) is 49.8 Å². The van der Waals surface area contributed by atoms with Crippen LogP contribution in [0.25, 0.3) is 0 Å². The molecule has 0 amide bonds. The highest BCUT2D eigenvalue weighted by molar-refractivity contribution is 5.74. The summed E-state index contributed by atoms with van der Waals surface area (Å²) < 4.78 is 5.66. The van der Waals surface area contributed by atoms with Crippen LogP contribution in [0.3, 0.4) is 0 Å². The summed E-state index contributed by atoms with van der Waals surface area (Å²) in [6.45, 7) is 10.2. The molecule has 1 aliphatic rings. The number of carbonyl (C=O) groups is 1. The Labute approximate surface area is 104 Å². The number of rotatable bonds is 4. The van der Waals surface area contributed by atoms with Gasteiger partial charge in [-0.05, 0) is 46.1 Å². The van der Waals surface area contributed by atoms with Crippen molar-refractivity contribution in [3.05, 3.63) is 0 Å². The second-order valence-electron chi connectivity index (χ2n) is 5.90. The maximum atomic E-state index is 11.3. The molecular formula is C13H25NO3. The Morgan fingerprint density at radius 2 is 2.12 bits per heavy atom. The average molecular weight is 243 g/mol. The number of likely N-dealkylation sites (tertiary alicyclic amines) is 1. The summed E-state index contributed by atoms with van der Waals surface area (Å²) >= 11 is 0. The monoisotopic (exact) mass is 243 g/mol. The first kappa shape index (κ1) is 14.5. The molecule has 17 heavy (non-hydrogen) atoms. The molecule has 1 fully saturated rings. The van der Waals surface area contributed by atoms with E-state index in [1.807, 2.05) is 32.6 Å². The normalized spacial score (nSPS) is 27.1. The number of hydrogen-bond acceptors (Lipinski definition) is 3. The Balaban J connectivity index is 2.47. The second kappa shape index (κ2) is 5.83. The minimum Gasteiger partial charge on any atom is -0.480 e. The van der Waals surface area contributed by atoms with Gasteiger partial charge < -0.3 is 9.84 Å². The van der Waals surface area contributed by atoms with Crippen molar-refractivity contribution in [1.82, 2.24) is 4.90 Å². The number of hydrogen-bond donors (Lipinski definition) is 1. The highest BCUT2D eigenvalue weighted by Crippen LogP contribution is 2.23. The fraction of sp³-hybridized carbons (Fsp3) is 0.923. The van der Waals surface area contributed by atoms with Gasteiger partial charge in [0.25, 0.3) is 0 Å². The summed E-state index contributed by atoms with van der Waals surface area (Å²) in [7, 11) is 0. The smallest absolute Gasteiger partial charge is 0.321 e. The van der Waals surface area contributed by atoms with Gasteiger partial charge in [-0.3, -0.25) is 9.69 Å². The zero-order valence-corrected chi connectivity index (χ0v) is 11.4. The molecule has 0 aromatic heterocycles. The molecule has 0 radical (unpaired) electrons. The van der Waals surface area contributed by atoms with E-state index in [0.29, 0.717) is 13.2 Å². The predicted molar refractivity (Wildman–Crippen MR) is 67.1 cm³/mol. The third-order valence-electron chi connectivity index (χ3n) is 3.20. The van der Waals surface area contributed by atoms with Gasteiger partial charge in [0.15, 0.2) is 0 Å². The molecule has 4 heteroatoms. The van der Waals surface area contributed by atoms with Crippen LogP contribution in [-0.2, 0) is 9.53 Å². The van der Waals surface area contributed by atoms with E-state index in [9.17, 15) is 9.90 Å². The van der Waals surface area contributed by atoms with E-state index in [0.717, 1.165) is 19.4 Å². The maximum Gasteiger partial charge on any atom is 0.321 e. The molecule has 2 atom stereocenters. The van der Waals surface area contributed by atoms with Gasteiger partial charge in [0, 0.05) is 6.54 Å². The zero-order valence-electron chi connectivity index (χ0n) is 11.4. The van der Waals surface area contributed by atoms with Crippen LogP contribution < -0.4 is 0 Å². The molecule has 100 valence electrons. The van der Waals surface area contributed by atoms with Crippen LogP contribution in [0.5, 0.6) is 0 Å². The number of carboxylic acid groups (broad SMARTS) is 1. The van der Waals surface area contributed by atoms with Crippen molar-refractivity contribution in [2.45, 2.75) is 52.2 Å². The number of piperidine rings is 1. The van der Waals surface area contributed by atoms with Crippen LogP contribution in [0.4, 0.5) is 0 Å². The summed E-state index contributed by atoms with van der Waals surface area (Å²) in [6, 6.07) is -0.340. The molecule has 0 saturated carbocycles. The van der Waals surface area contributed by atoms with Crippen molar-refractivity contribution >= 4 is 5.97 Å². The SMILES string of the molecule is CC1CCCN(CCOC(C)(C)C)C1C(=O)O. The van der Waals surface area contributed by atoms with E-state index < -0.39 is 5.97 Å². The number of aliphatic carboxylic acids is 1. The largest absolute Gasteiger partial charge is 0.480 e. The van der Waals surface area contributed by atoms with Gasteiger partial charge in [-0.2, -0.15) is 0 Å². The lowest BCUT2D eigenvalue weighted by Crippen LogP contribution is -2.50. The van der Waals surface area contributed by atoms with Gasteiger partial charge in [0.1, 0.15) is 6.04 Å². The molecule has 0 spiro atoms. The van der Waals surface area contributed by atoms with Crippen molar-refractivity contribution in [2.75, 3.05) is 19.7 Å². The van der Waals surface area contributed by atoms with Crippen molar-refractivity contribution in [3.8, 4) is 0 Å². The van der Waals surface area contributed by atoms with E-state index in [4.69, 9.17) is 4.74 Å². The highest BCUT2D eigenvalue weighted by atomic mass is 16.5. The standard InChI is InChI=1S/C13H25NO3/c1-10-6-5-7-14(11(10)12(15)16)8-9-17-13(2,3)4/h10-11H,5-9H2,1-4H3,(H,15,16). The quantitative estimate of drug-likeness (QED) is 0.820. The molecule has 1 aliphatic heterocycles. The summed E-state index contributed by atoms with van der Waals surface area (Å²) in [5, 5.41) is 9.26. The molecule has 0 aliphatic carbocycles. The van der Waals surface area contributed by atoms with E-state index in [1.165, 1.54) is 0 Å². The fourth-order valence-corrected chi connectivity index (χ4v) is 2.39. The molecule has 1 saturated heterocycles. The first-order valence-electron chi connectivity index (χ1n) is 6.42. The molecule has 2 unspecified atom stereocenters. The molecule has 1 heterocycles. The van der Waals surface area contributed by atoms with Crippen LogP contribution in [0.2, 0.25) is 0 Å². The summed E-state index contributed by atoms with van der Waals surface area (Å²) in [5.74, 6) is -0.469. The van der Waals surface area contributed by atoms with Crippen LogP contribution in [0, 0.1) is 5.92 Å². The highest BCUT2D eigenvalue weighted by Gasteiger charge is 2.33. The molecule has 0 aromatic carbocycles. The minimum absolute atomic E-state index is 0.153. The zero-order chi connectivity index (χ0) is 13.1. The molecule has 0 bridgehead atoms. The second-order valence-corrected chi connectivity index (χ2v) is 5.90. The van der Waals surface area contributed by atoms with Crippen molar-refractivity contribution in [2.24, 2.45) is 5.92 Å². The van der Waals surface area contributed by atoms with Crippen LogP contribution in [0.1, 0.15) is 40.5 Å². The summed E-state index contributed by atoms with van der Waals surface area (Å²) in [4.78, 5) is 13.3. The van der Waals surface area contributed by atoms with Gasteiger partial charge in [0.05, 0.1) is 12.2 Å². The average Bonchev–Trinajstić information content (AvgIpc) is 2.14. The molecule has 1 N–H and O–H groups in total. The van der Waals surface area contributed by atoms with Gasteiger partial charge in [-0.1, -0.05) is 6.92 Å². The Hall–Kier alpha value is -0.610. The van der Waals surface area contributed by atoms with E-state index in [1.54, 1.807) is 0 Å². The van der Waals surface area contributed by atoms with Crippen molar-refractivity contribution in [1.29, 1.82) is 0 Å². The predicted octanol–water partition coefficient (Wildman–Crippen LogP) is 1.99. The Morgan fingerprint density at radius 3 is 2.65 bits per heavy atom. The van der Waals surface area contributed by atoms with Crippen molar-refractivity contribution < 1.29 is 14.6 Å². The fourth-order valence-electron chi connectivity index (χ4n) is 2.39. The van der Waals surface area contributed by atoms with E-state index in [2.05, 4.69) is 0 Å². The Morgan fingerprint density at radius 1 is 1.47 bits per heavy atom. The third kappa shape index (κ3) is 4.64. The third-order valence-corrected chi connectivity index (χ3v) is 3.20. The van der Waals surface area contributed by atoms with Gasteiger partial charge in [0.2, 0.25) is 0 Å². The lowest BCUT2D eigenvalue weighted by atomic mass is 9.91. The molecule has 1 rings (SSSR count). The van der Waals surface area contributed by atoms with E-state index >= 15 is 0 Å². The Bertz CT molecular complexity index is 260. The lowest BCUT2D eigenvalue weighted by Gasteiger charge is -2.37. The van der Waals surface area contributed by atoms with E-state index in [-0.39, 0.29) is 17.6 Å². The first-order valence-corrected chi connectivity index (χ1v) is 6.42. The minimum atomic E-state index is -0.701.